The summed E-state index contributed by atoms with van der Waals surface area (Å²) in [6.07, 6.45) is -0.897. The van der Waals surface area contributed by atoms with Crippen molar-refractivity contribution in [2.45, 2.75) is 53.8 Å². The highest BCUT2D eigenvalue weighted by atomic mass is 16.7. The molecule has 1 rings (SSSR count). The normalized spacial score (nSPS) is 12.2. The maximum atomic E-state index is 11.2. The molecule has 0 aliphatic heterocycles. The van der Waals surface area contributed by atoms with Gasteiger partial charge in [-0.05, 0) is 43.0 Å². The molecule has 0 unspecified atom stereocenters. The van der Waals surface area contributed by atoms with E-state index >= 15 is 0 Å². The average Bonchev–Trinajstić information content (AvgIpc) is 2.31. The summed E-state index contributed by atoms with van der Waals surface area (Å²) >= 11 is 0. The molecule has 0 spiro atoms. The van der Waals surface area contributed by atoms with Gasteiger partial charge in [-0.1, -0.05) is 19.1 Å². The molecular formula is C16H22O4. The van der Waals surface area contributed by atoms with E-state index in [1.165, 1.54) is 19.4 Å². The van der Waals surface area contributed by atoms with Crippen LogP contribution in [0.5, 0.6) is 0 Å². The molecule has 0 heterocycles. The minimum absolute atomic E-state index is 0.220. The Bertz CT molecular complexity index is 503. The minimum atomic E-state index is -0.897. The minimum Gasteiger partial charge on any atom is -0.425 e. The summed E-state index contributed by atoms with van der Waals surface area (Å²) in [6.45, 7) is 10.6. The SMILES string of the molecule is CC(=O)OC(OC(C)=O)[C@H](C)c1cc(C)c(C)cc1C. The lowest BCUT2D eigenvalue weighted by atomic mass is 9.92. The predicted molar refractivity (Wildman–Crippen MR) is 76.4 cm³/mol. The van der Waals surface area contributed by atoms with Gasteiger partial charge in [-0.3, -0.25) is 9.59 Å². The molecule has 0 fully saturated rings. The number of esters is 2. The van der Waals surface area contributed by atoms with E-state index in [9.17, 15) is 9.59 Å². The van der Waals surface area contributed by atoms with Crippen LogP contribution in [-0.2, 0) is 19.1 Å². The van der Waals surface area contributed by atoms with Gasteiger partial charge in [-0.15, -0.1) is 0 Å². The van der Waals surface area contributed by atoms with E-state index in [2.05, 4.69) is 12.1 Å². The molecule has 0 aliphatic rings. The Hall–Kier alpha value is -1.84. The van der Waals surface area contributed by atoms with Gasteiger partial charge in [-0.2, -0.15) is 0 Å². The molecule has 0 bridgehead atoms. The summed E-state index contributed by atoms with van der Waals surface area (Å²) < 4.78 is 10.2. The van der Waals surface area contributed by atoms with Crippen LogP contribution < -0.4 is 0 Å². The molecule has 0 amide bonds. The third-order valence-corrected chi connectivity index (χ3v) is 3.35. The summed E-state index contributed by atoms with van der Waals surface area (Å²) in [5, 5.41) is 0. The van der Waals surface area contributed by atoms with Crippen molar-refractivity contribution < 1.29 is 19.1 Å². The lowest BCUT2D eigenvalue weighted by molar-refractivity contribution is -0.188. The number of rotatable bonds is 4. The molecule has 0 radical (unpaired) electrons. The lowest BCUT2D eigenvalue weighted by Gasteiger charge is -2.25. The Morgan fingerprint density at radius 2 is 1.35 bits per heavy atom. The van der Waals surface area contributed by atoms with Crippen LogP contribution in [0.15, 0.2) is 12.1 Å². The largest absolute Gasteiger partial charge is 0.425 e. The maximum Gasteiger partial charge on any atom is 0.305 e. The Morgan fingerprint density at radius 3 is 1.80 bits per heavy atom. The van der Waals surface area contributed by atoms with Crippen LogP contribution in [0.4, 0.5) is 0 Å². The fraction of sp³-hybridized carbons (Fsp3) is 0.500. The quantitative estimate of drug-likeness (QED) is 0.627. The topological polar surface area (TPSA) is 52.6 Å². The average molecular weight is 278 g/mol. The number of hydrogen-bond donors (Lipinski definition) is 0. The molecule has 0 saturated carbocycles. The van der Waals surface area contributed by atoms with Gasteiger partial charge in [0.15, 0.2) is 0 Å². The highest BCUT2D eigenvalue weighted by molar-refractivity contribution is 5.68. The highest BCUT2D eigenvalue weighted by Crippen LogP contribution is 2.28. The van der Waals surface area contributed by atoms with Gasteiger partial charge in [0.25, 0.3) is 6.29 Å². The predicted octanol–water partition coefficient (Wildman–Crippen LogP) is 3.17. The molecule has 4 heteroatoms. The molecule has 1 aromatic rings. The smallest absolute Gasteiger partial charge is 0.305 e. The third-order valence-electron chi connectivity index (χ3n) is 3.35. The molecule has 0 N–H and O–H groups in total. The zero-order chi connectivity index (χ0) is 15.4. The second kappa shape index (κ2) is 6.55. The fourth-order valence-electron chi connectivity index (χ4n) is 2.18. The van der Waals surface area contributed by atoms with Crippen molar-refractivity contribution in [3.63, 3.8) is 0 Å². The van der Waals surface area contributed by atoms with E-state index in [0.29, 0.717) is 0 Å². The standard InChI is InChI=1S/C16H22O4/c1-9-7-11(3)15(8-10(9)2)12(4)16(19-13(5)17)20-14(6)18/h7-8,12,16H,1-6H3/t12-/m1/s1. The van der Waals surface area contributed by atoms with Gasteiger partial charge in [0.2, 0.25) is 0 Å². The van der Waals surface area contributed by atoms with E-state index in [0.717, 1.165) is 16.7 Å². The number of aryl methyl sites for hydroxylation is 3. The molecule has 0 aromatic heterocycles. The Kier molecular flexibility index (Phi) is 5.31. The number of carbonyl (C=O) groups excluding carboxylic acids is 2. The Morgan fingerprint density at radius 1 is 0.900 bits per heavy atom. The van der Waals surface area contributed by atoms with E-state index in [-0.39, 0.29) is 5.92 Å². The number of benzene rings is 1. The third kappa shape index (κ3) is 4.08. The molecule has 4 nitrogen and oxygen atoms in total. The van der Waals surface area contributed by atoms with Crippen molar-refractivity contribution in [1.29, 1.82) is 0 Å². The van der Waals surface area contributed by atoms with Crippen LogP contribution in [0, 0.1) is 20.8 Å². The highest BCUT2D eigenvalue weighted by Gasteiger charge is 2.26. The van der Waals surface area contributed by atoms with Crippen molar-refractivity contribution in [3.05, 3.63) is 34.4 Å². The van der Waals surface area contributed by atoms with Crippen molar-refractivity contribution in [3.8, 4) is 0 Å². The summed E-state index contributed by atoms with van der Waals surface area (Å²) in [6, 6.07) is 4.13. The lowest BCUT2D eigenvalue weighted by Crippen LogP contribution is -2.28. The van der Waals surface area contributed by atoms with E-state index in [4.69, 9.17) is 9.47 Å². The summed E-state index contributed by atoms with van der Waals surface area (Å²) in [4.78, 5) is 22.3. The molecule has 20 heavy (non-hydrogen) atoms. The number of carbonyl (C=O) groups is 2. The van der Waals surface area contributed by atoms with Gasteiger partial charge in [0.05, 0.1) is 5.92 Å². The molecule has 0 saturated heterocycles. The van der Waals surface area contributed by atoms with Crippen LogP contribution in [0.2, 0.25) is 0 Å². The molecule has 0 aliphatic carbocycles. The number of ether oxygens (including phenoxy) is 2. The van der Waals surface area contributed by atoms with E-state index in [1.807, 2.05) is 27.7 Å². The Balaban J connectivity index is 3.10. The molecule has 110 valence electrons. The van der Waals surface area contributed by atoms with E-state index in [1.54, 1.807) is 0 Å². The van der Waals surface area contributed by atoms with Crippen molar-refractivity contribution in [2.75, 3.05) is 0 Å². The molecule has 1 atom stereocenters. The fourth-order valence-corrected chi connectivity index (χ4v) is 2.18. The first-order valence-electron chi connectivity index (χ1n) is 6.64. The van der Waals surface area contributed by atoms with Gasteiger partial charge in [0, 0.05) is 13.8 Å². The monoisotopic (exact) mass is 278 g/mol. The second-order valence-corrected chi connectivity index (χ2v) is 5.17. The second-order valence-electron chi connectivity index (χ2n) is 5.17. The van der Waals surface area contributed by atoms with Crippen molar-refractivity contribution >= 4 is 11.9 Å². The molecular weight excluding hydrogens is 256 g/mol. The van der Waals surface area contributed by atoms with E-state index < -0.39 is 18.2 Å². The first kappa shape index (κ1) is 16.2. The van der Waals surface area contributed by atoms with Gasteiger partial charge in [-0.25, -0.2) is 0 Å². The zero-order valence-electron chi connectivity index (χ0n) is 12.9. The van der Waals surface area contributed by atoms with Crippen LogP contribution in [0.1, 0.15) is 48.9 Å². The van der Waals surface area contributed by atoms with Crippen molar-refractivity contribution in [2.24, 2.45) is 0 Å². The summed E-state index contributed by atoms with van der Waals surface area (Å²) in [7, 11) is 0. The van der Waals surface area contributed by atoms with Crippen molar-refractivity contribution in [1.82, 2.24) is 0 Å². The Labute approximate surface area is 120 Å². The van der Waals surface area contributed by atoms with Crippen LogP contribution in [0.3, 0.4) is 0 Å². The summed E-state index contributed by atoms with van der Waals surface area (Å²) in [5.41, 5.74) is 4.46. The van der Waals surface area contributed by atoms with Crippen LogP contribution >= 0.6 is 0 Å². The van der Waals surface area contributed by atoms with Gasteiger partial charge >= 0.3 is 11.9 Å². The van der Waals surface area contributed by atoms with Crippen LogP contribution in [0.25, 0.3) is 0 Å². The first-order valence-corrected chi connectivity index (χ1v) is 6.64. The maximum absolute atomic E-state index is 11.2. The number of hydrogen-bond acceptors (Lipinski definition) is 4. The summed E-state index contributed by atoms with van der Waals surface area (Å²) in [5.74, 6) is -1.16. The van der Waals surface area contributed by atoms with Gasteiger partial charge < -0.3 is 9.47 Å². The molecule has 1 aromatic carbocycles. The first-order chi connectivity index (χ1) is 9.22. The van der Waals surface area contributed by atoms with Gasteiger partial charge in [0.1, 0.15) is 0 Å². The van der Waals surface area contributed by atoms with Crippen LogP contribution in [-0.4, -0.2) is 18.2 Å². The zero-order valence-corrected chi connectivity index (χ0v) is 12.9.